The van der Waals surface area contributed by atoms with Gasteiger partial charge in [-0.05, 0) is 31.0 Å². The predicted molar refractivity (Wildman–Crippen MR) is 106 cm³/mol. The van der Waals surface area contributed by atoms with Crippen LogP contribution in [0.15, 0.2) is 36.7 Å². The van der Waals surface area contributed by atoms with Gasteiger partial charge in [-0.3, -0.25) is 4.90 Å². The van der Waals surface area contributed by atoms with Gasteiger partial charge in [0.25, 0.3) is 0 Å². The minimum atomic E-state index is 0.814. The van der Waals surface area contributed by atoms with Crippen molar-refractivity contribution in [2.24, 2.45) is 0 Å². The van der Waals surface area contributed by atoms with E-state index in [0.29, 0.717) is 0 Å². The number of benzene rings is 1. The second-order valence-electron chi connectivity index (χ2n) is 7.72. The molecule has 0 bridgehead atoms. The molecule has 0 amide bonds. The van der Waals surface area contributed by atoms with Gasteiger partial charge >= 0.3 is 0 Å². The van der Waals surface area contributed by atoms with E-state index < -0.39 is 0 Å². The summed E-state index contributed by atoms with van der Waals surface area (Å²) in [6.07, 6.45) is 8.89. The van der Waals surface area contributed by atoms with Crippen molar-refractivity contribution in [1.29, 1.82) is 0 Å². The molecular formula is C21H22N6. The summed E-state index contributed by atoms with van der Waals surface area (Å²) in [5.74, 6) is 1.22. The maximum Gasteiger partial charge on any atom is 0.156 e. The lowest BCUT2D eigenvalue weighted by atomic mass is 9.91. The summed E-state index contributed by atoms with van der Waals surface area (Å²) >= 11 is 0. The lowest BCUT2D eigenvalue weighted by Crippen LogP contribution is -2.41. The summed E-state index contributed by atoms with van der Waals surface area (Å²) in [5, 5.41) is 0. The van der Waals surface area contributed by atoms with Gasteiger partial charge in [0.15, 0.2) is 5.65 Å². The highest BCUT2D eigenvalue weighted by Crippen LogP contribution is 2.29. The largest absolute Gasteiger partial charge is 0.345 e. The van der Waals surface area contributed by atoms with Gasteiger partial charge < -0.3 is 9.55 Å². The summed E-state index contributed by atoms with van der Waals surface area (Å²) in [4.78, 5) is 19.9. The summed E-state index contributed by atoms with van der Waals surface area (Å²) in [6.45, 7) is 3.31. The number of nitrogens with zero attached hydrogens (tertiary/aromatic N) is 5. The van der Waals surface area contributed by atoms with Crippen molar-refractivity contribution in [1.82, 2.24) is 29.4 Å². The van der Waals surface area contributed by atoms with Crippen molar-refractivity contribution in [3.05, 3.63) is 42.5 Å². The van der Waals surface area contributed by atoms with Crippen LogP contribution in [0.5, 0.6) is 0 Å². The van der Waals surface area contributed by atoms with E-state index in [1.165, 1.54) is 30.6 Å². The van der Waals surface area contributed by atoms with E-state index in [4.69, 9.17) is 9.97 Å². The Labute approximate surface area is 157 Å². The second kappa shape index (κ2) is 5.89. The molecule has 1 fully saturated rings. The number of aromatic nitrogens is 5. The fourth-order valence-electron chi connectivity index (χ4n) is 4.45. The average molecular weight is 358 g/mol. The first-order valence-corrected chi connectivity index (χ1v) is 9.89. The molecule has 1 aromatic carbocycles. The minimum Gasteiger partial charge on any atom is -0.345 e. The number of hydrogen-bond acceptors (Lipinski definition) is 4. The number of aromatic amines is 1. The maximum absolute atomic E-state index is 4.97. The zero-order chi connectivity index (χ0) is 17.8. The van der Waals surface area contributed by atoms with Crippen molar-refractivity contribution in [2.45, 2.75) is 38.3 Å². The summed E-state index contributed by atoms with van der Waals surface area (Å²) in [7, 11) is 0. The standard InChI is InChI=1S/C21H22N6/c1-2-15(3-1)26-9-7-20-25-17-12-14(4-5-19(17)27(20)11-10-26)18-13-23-21-16(24-18)6-8-22-21/h4-6,8,12-13,15H,1-3,7,9-11H2,(H,22,23). The van der Waals surface area contributed by atoms with E-state index in [-0.39, 0.29) is 0 Å². The molecule has 0 atom stereocenters. The highest BCUT2D eigenvalue weighted by atomic mass is 15.2. The smallest absolute Gasteiger partial charge is 0.156 e. The molecule has 6 rings (SSSR count). The minimum absolute atomic E-state index is 0.814. The third-order valence-corrected chi connectivity index (χ3v) is 6.21. The lowest BCUT2D eigenvalue weighted by molar-refractivity contribution is 0.130. The van der Waals surface area contributed by atoms with Crippen LogP contribution in [0, 0.1) is 0 Å². The van der Waals surface area contributed by atoms with Crippen LogP contribution in [0.3, 0.4) is 0 Å². The fraction of sp³-hybridized carbons (Fsp3) is 0.381. The number of hydrogen-bond donors (Lipinski definition) is 1. The Morgan fingerprint density at radius 2 is 1.96 bits per heavy atom. The van der Waals surface area contributed by atoms with Gasteiger partial charge in [-0.15, -0.1) is 0 Å². The van der Waals surface area contributed by atoms with Gasteiger partial charge in [-0.25, -0.2) is 15.0 Å². The second-order valence-corrected chi connectivity index (χ2v) is 7.72. The van der Waals surface area contributed by atoms with Crippen molar-refractivity contribution in [3.8, 4) is 11.3 Å². The Hall–Kier alpha value is -2.73. The maximum atomic E-state index is 4.97. The Morgan fingerprint density at radius 1 is 1.00 bits per heavy atom. The molecule has 1 aliphatic heterocycles. The third-order valence-electron chi connectivity index (χ3n) is 6.21. The molecule has 4 aromatic rings. The van der Waals surface area contributed by atoms with Crippen molar-refractivity contribution < 1.29 is 0 Å². The molecule has 2 aliphatic rings. The number of fused-ring (bicyclic) bond motifs is 4. The first kappa shape index (κ1) is 15.3. The van der Waals surface area contributed by atoms with E-state index in [0.717, 1.165) is 60.0 Å². The number of imidazole rings is 1. The van der Waals surface area contributed by atoms with Crippen LogP contribution in [-0.4, -0.2) is 48.5 Å². The van der Waals surface area contributed by atoms with Gasteiger partial charge in [0.1, 0.15) is 11.3 Å². The van der Waals surface area contributed by atoms with E-state index in [1.54, 1.807) is 0 Å². The molecule has 6 nitrogen and oxygen atoms in total. The molecule has 0 spiro atoms. The van der Waals surface area contributed by atoms with E-state index >= 15 is 0 Å². The molecule has 3 aromatic heterocycles. The molecule has 136 valence electrons. The van der Waals surface area contributed by atoms with E-state index in [9.17, 15) is 0 Å². The molecule has 0 saturated heterocycles. The summed E-state index contributed by atoms with van der Waals surface area (Å²) in [5.41, 5.74) is 5.98. The van der Waals surface area contributed by atoms with E-state index in [2.05, 4.69) is 37.6 Å². The van der Waals surface area contributed by atoms with Gasteiger partial charge in [0, 0.05) is 43.9 Å². The molecule has 0 radical (unpaired) electrons. The summed E-state index contributed by atoms with van der Waals surface area (Å²) in [6, 6.07) is 9.27. The average Bonchev–Trinajstić information content (AvgIpc) is 3.20. The van der Waals surface area contributed by atoms with Crippen molar-refractivity contribution >= 4 is 22.2 Å². The highest BCUT2D eigenvalue weighted by Gasteiger charge is 2.27. The van der Waals surface area contributed by atoms with Crippen molar-refractivity contribution in [3.63, 3.8) is 0 Å². The third kappa shape index (κ3) is 2.47. The summed E-state index contributed by atoms with van der Waals surface area (Å²) < 4.78 is 2.42. The van der Waals surface area contributed by atoms with Gasteiger partial charge in [-0.2, -0.15) is 0 Å². The first-order valence-electron chi connectivity index (χ1n) is 9.89. The zero-order valence-electron chi connectivity index (χ0n) is 15.2. The topological polar surface area (TPSA) is 62.6 Å². The molecule has 4 heterocycles. The van der Waals surface area contributed by atoms with E-state index in [1.807, 2.05) is 18.5 Å². The quantitative estimate of drug-likeness (QED) is 0.597. The number of H-pyrrole nitrogens is 1. The van der Waals surface area contributed by atoms with Crippen LogP contribution in [0.4, 0.5) is 0 Å². The Bertz CT molecular complexity index is 1140. The van der Waals surface area contributed by atoms with Crippen LogP contribution in [0.25, 0.3) is 33.5 Å². The highest BCUT2D eigenvalue weighted by molar-refractivity contribution is 5.83. The monoisotopic (exact) mass is 358 g/mol. The van der Waals surface area contributed by atoms with Gasteiger partial charge in [-0.1, -0.05) is 12.5 Å². The Balaban J connectivity index is 1.35. The number of rotatable bonds is 2. The molecule has 1 saturated carbocycles. The molecule has 6 heteroatoms. The first-order chi connectivity index (χ1) is 13.3. The van der Waals surface area contributed by atoms with Crippen molar-refractivity contribution in [2.75, 3.05) is 13.1 Å². The Morgan fingerprint density at radius 3 is 2.85 bits per heavy atom. The Kier molecular flexibility index (Phi) is 3.35. The molecule has 0 unspecified atom stereocenters. The normalized spacial score (nSPS) is 18.5. The van der Waals surface area contributed by atoms with Gasteiger partial charge in [0.2, 0.25) is 0 Å². The van der Waals surface area contributed by atoms with Crippen LogP contribution >= 0.6 is 0 Å². The molecular weight excluding hydrogens is 336 g/mol. The van der Waals surface area contributed by atoms with Crippen LogP contribution in [0.2, 0.25) is 0 Å². The molecule has 1 N–H and O–H groups in total. The van der Waals surface area contributed by atoms with Gasteiger partial charge in [0.05, 0.1) is 22.9 Å². The zero-order valence-corrected chi connectivity index (χ0v) is 15.2. The van der Waals surface area contributed by atoms with Crippen LogP contribution < -0.4 is 0 Å². The fourth-order valence-corrected chi connectivity index (χ4v) is 4.45. The van der Waals surface area contributed by atoms with Crippen LogP contribution in [0.1, 0.15) is 25.1 Å². The molecule has 1 aliphatic carbocycles. The molecule has 27 heavy (non-hydrogen) atoms. The lowest BCUT2D eigenvalue weighted by Gasteiger charge is -2.36. The number of nitrogens with one attached hydrogen (secondary N) is 1. The predicted octanol–water partition coefficient (Wildman–Crippen LogP) is 3.39. The SMILES string of the molecule is c1cc2nc(-c3ccc4c(c3)nc3n4CCN(C4CCC4)CC3)cnc2[nH]1. The van der Waals surface area contributed by atoms with Crippen LogP contribution in [-0.2, 0) is 13.0 Å².